The highest BCUT2D eigenvalue weighted by Crippen LogP contribution is 2.30. The van der Waals surface area contributed by atoms with Gasteiger partial charge in [-0.3, -0.25) is 4.79 Å². The van der Waals surface area contributed by atoms with Gasteiger partial charge in [0.15, 0.2) is 0 Å². The summed E-state index contributed by atoms with van der Waals surface area (Å²) in [6, 6.07) is 9.49. The average Bonchev–Trinajstić information content (AvgIpc) is 3.41. The molecule has 2 amide bonds. The number of rotatable bonds is 7. The monoisotopic (exact) mass is 373 g/mol. The minimum Gasteiger partial charge on any atom is -0.445 e. The van der Waals surface area contributed by atoms with E-state index in [0.29, 0.717) is 6.54 Å². The van der Waals surface area contributed by atoms with Gasteiger partial charge in [-0.2, -0.15) is 0 Å². The van der Waals surface area contributed by atoms with Crippen LogP contribution >= 0.6 is 0 Å². The molecule has 2 atom stereocenters. The van der Waals surface area contributed by atoms with Gasteiger partial charge in [-0.1, -0.05) is 44.2 Å². The lowest BCUT2D eigenvalue weighted by molar-refractivity contribution is -0.134. The van der Waals surface area contributed by atoms with Gasteiger partial charge >= 0.3 is 6.09 Å². The lowest BCUT2D eigenvalue weighted by Crippen LogP contribution is -2.52. The number of nitrogens with zero attached hydrogens (tertiary/aromatic N) is 2. The number of carbonyl (C=O) groups excluding carboxylic acids is 2. The molecule has 1 aliphatic carbocycles. The number of ether oxygens (including phenoxy) is 1. The Bertz CT molecular complexity index is 645. The fraction of sp³-hybridized carbons (Fsp3) is 0.619. The Morgan fingerprint density at radius 3 is 2.56 bits per heavy atom. The molecule has 0 bridgehead atoms. The molecule has 0 unspecified atom stereocenters. The summed E-state index contributed by atoms with van der Waals surface area (Å²) in [6.07, 6.45) is 3.60. The number of nitrogens with two attached hydrogens (primary N) is 1. The summed E-state index contributed by atoms with van der Waals surface area (Å²) in [4.78, 5) is 29.1. The van der Waals surface area contributed by atoms with Gasteiger partial charge in [0, 0.05) is 25.2 Å². The van der Waals surface area contributed by atoms with Crippen molar-refractivity contribution >= 4 is 12.0 Å². The predicted molar refractivity (Wildman–Crippen MR) is 104 cm³/mol. The van der Waals surface area contributed by atoms with Crippen molar-refractivity contribution in [1.29, 1.82) is 0 Å². The molecule has 2 aliphatic rings. The quantitative estimate of drug-likeness (QED) is 0.797. The maximum Gasteiger partial charge on any atom is 0.410 e. The van der Waals surface area contributed by atoms with Crippen LogP contribution in [0.1, 0.15) is 45.1 Å². The molecule has 0 radical (unpaired) electrons. The zero-order valence-corrected chi connectivity index (χ0v) is 16.3. The molecule has 1 aromatic rings. The molecule has 6 heteroatoms. The summed E-state index contributed by atoms with van der Waals surface area (Å²) in [7, 11) is 0. The van der Waals surface area contributed by atoms with Crippen molar-refractivity contribution in [3.05, 3.63) is 35.9 Å². The second-order valence-corrected chi connectivity index (χ2v) is 8.02. The Balaban J connectivity index is 1.60. The standard InChI is InChI=1S/C21H31N3O3/c1-15(2)19(22)20(25)23-12-6-9-18(23)13-24(17-10-11-17)21(26)27-14-16-7-4-3-5-8-16/h3-5,7-8,15,17-19H,6,9-14,22H2,1-2H3/t18-,19-/m0/s1. The average molecular weight is 373 g/mol. The second-order valence-electron chi connectivity index (χ2n) is 8.02. The van der Waals surface area contributed by atoms with E-state index in [2.05, 4.69) is 0 Å². The number of amides is 2. The van der Waals surface area contributed by atoms with E-state index in [1.807, 2.05) is 54.0 Å². The van der Waals surface area contributed by atoms with E-state index in [0.717, 1.165) is 37.8 Å². The molecule has 0 aromatic heterocycles. The Hall–Kier alpha value is -2.08. The summed E-state index contributed by atoms with van der Waals surface area (Å²) >= 11 is 0. The third-order valence-electron chi connectivity index (χ3n) is 5.50. The maximum atomic E-state index is 12.7. The zero-order valence-electron chi connectivity index (χ0n) is 16.3. The Morgan fingerprint density at radius 1 is 1.22 bits per heavy atom. The normalized spacial score (nSPS) is 20.6. The smallest absolute Gasteiger partial charge is 0.410 e. The van der Waals surface area contributed by atoms with E-state index in [-0.39, 0.29) is 36.6 Å². The first kappa shape index (κ1) is 19.7. The van der Waals surface area contributed by atoms with Crippen molar-refractivity contribution in [1.82, 2.24) is 9.80 Å². The molecular weight excluding hydrogens is 342 g/mol. The van der Waals surface area contributed by atoms with Crippen LogP contribution in [0.2, 0.25) is 0 Å². The molecule has 1 aromatic carbocycles. The third-order valence-corrected chi connectivity index (χ3v) is 5.50. The highest BCUT2D eigenvalue weighted by molar-refractivity contribution is 5.82. The van der Waals surface area contributed by atoms with Crippen molar-refractivity contribution in [2.24, 2.45) is 11.7 Å². The lowest BCUT2D eigenvalue weighted by atomic mass is 10.0. The van der Waals surface area contributed by atoms with Crippen LogP contribution in [0.3, 0.4) is 0 Å². The SMILES string of the molecule is CC(C)[C@H](N)C(=O)N1CCC[C@H]1CN(C(=O)OCc1ccccc1)C1CC1. The van der Waals surface area contributed by atoms with Gasteiger partial charge in [0.25, 0.3) is 0 Å². The highest BCUT2D eigenvalue weighted by Gasteiger charge is 2.39. The lowest BCUT2D eigenvalue weighted by Gasteiger charge is -2.32. The topological polar surface area (TPSA) is 75.9 Å². The van der Waals surface area contributed by atoms with Gasteiger partial charge in [0.2, 0.25) is 5.91 Å². The van der Waals surface area contributed by atoms with Crippen LogP contribution in [0.25, 0.3) is 0 Å². The molecule has 3 rings (SSSR count). The largest absolute Gasteiger partial charge is 0.445 e. The minimum atomic E-state index is -0.481. The molecule has 6 nitrogen and oxygen atoms in total. The second kappa shape index (κ2) is 8.74. The fourth-order valence-corrected chi connectivity index (χ4v) is 3.58. The van der Waals surface area contributed by atoms with E-state index in [9.17, 15) is 9.59 Å². The van der Waals surface area contributed by atoms with Gasteiger partial charge in [-0.05, 0) is 37.2 Å². The maximum absolute atomic E-state index is 12.7. The van der Waals surface area contributed by atoms with Crippen LogP contribution in [-0.2, 0) is 16.1 Å². The van der Waals surface area contributed by atoms with Crippen molar-refractivity contribution in [2.75, 3.05) is 13.1 Å². The Kier molecular flexibility index (Phi) is 6.37. The van der Waals surface area contributed by atoms with Gasteiger partial charge < -0.3 is 20.3 Å². The number of likely N-dealkylation sites (tertiary alicyclic amines) is 1. The molecule has 2 fully saturated rings. The van der Waals surface area contributed by atoms with Crippen LogP contribution in [0, 0.1) is 5.92 Å². The summed E-state index contributed by atoms with van der Waals surface area (Å²) in [5.41, 5.74) is 7.05. The number of hydrogen-bond donors (Lipinski definition) is 1. The predicted octanol–water partition coefficient (Wildman–Crippen LogP) is 2.76. The van der Waals surface area contributed by atoms with E-state index in [4.69, 9.17) is 10.5 Å². The summed E-state index contributed by atoms with van der Waals surface area (Å²) in [5, 5.41) is 0. The molecule has 2 N–H and O–H groups in total. The van der Waals surface area contributed by atoms with Crippen molar-refractivity contribution < 1.29 is 14.3 Å². The molecule has 27 heavy (non-hydrogen) atoms. The van der Waals surface area contributed by atoms with Crippen LogP contribution in [0.4, 0.5) is 4.79 Å². The first-order valence-corrected chi connectivity index (χ1v) is 10.0. The van der Waals surface area contributed by atoms with Crippen molar-refractivity contribution in [2.45, 2.75) is 64.3 Å². The third kappa shape index (κ3) is 5.01. The van der Waals surface area contributed by atoms with Crippen molar-refractivity contribution in [3.8, 4) is 0 Å². The molecule has 1 aliphatic heterocycles. The number of benzene rings is 1. The van der Waals surface area contributed by atoms with Gasteiger partial charge in [0.05, 0.1) is 6.04 Å². The van der Waals surface area contributed by atoms with E-state index in [1.165, 1.54) is 0 Å². The molecular formula is C21H31N3O3. The number of carbonyl (C=O) groups is 2. The minimum absolute atomic E-state index is 0.000833. The van der Waals surface area contributed by atoms with Gasteiger partial charge in [0.1, 0.15) is 6.61 Å². The van der Waals surface area contributed by atoms with Gasteiger partial charge in [-0.15, -0.1) is 0 Å². The highest BCUT2D eigenvalue weighted by atomic mass is 16.6. The van der Waals surface area contributed by atoms with Crippen molar-refractivity contribution in [3.63, 3.8) is 0 Å². The van der Waals surface area contributed by atoms with E-state index >= 15 is 0 Å². The molecule has 1 heterocycles. The molecule has 1 saturated carbocycles. The van der Waals surface area contributed by atoms with Crippen LogP contribution in [0.5, 0.6) is 0 Å². The molecule has 148 valence electrons. The van der Waals surface area contributed by atoms with Crippen LogP contribution in [-0.4, -0.2) is 53.0 Å². The van der Waals surface area contributed by atoms with E-state index < -0.39 is 6.04 Å². The molecule has 1 saturated heterocycles. The number of hydrogen-bond acceptors (Lipinski definition) is 4. The fourth-order valence-electron chi connectivity index (χ4n) is 3.58. The Morgan fingerprint density at radius 2 is 1.93 bits per heavy atom. The van der Waals surface area contributed by atoms with Gasteiger partial charge in [-0.25, -0.2) is 4.79 Å². The van der Waals surface area contributed by atoms with Crippen LogP contribution < -0.4 is 5.73 Å². The Labute approximate surface area is 161 Å². The molecule has 0 spiro atoms. The zero-order chi connectivity index (χ0) is 19.4. The summed E-state index contributed by atoms with van der Waals surface area (Å²) in [5.74, 6) is 0.107. The van der Waals surface area contributed by atoms with E-state index in [1.54, 1.807) is 0 Å². The first-order chi connectivity index (χ1) is 13.0. The first-order valence-electron chi connectivity index (χ1n) is 10.0. The van der Waals surface area contributed by atoms with Crippen LogP contribution in [0.15, 0.2) is 30.3 Å². The summed E-state index contributed by atoms with van der Waals surface area (Å²) in [6.45, 7) is 5.46. The summed E-state index contributed by atoms with van der Waals surface area (Å²) < 4.78 is 5.54.